The average Bonchev–Trinajstić information content (AvgIpc) is 2.94. The number of phenols is 1. The Bertz CT molecular complexity index is 1700. The molecule has 3 unspecified atom stereocenters. The van der Waals surface area contributed by atoms with Crippen LogP contribution in [0.25, 0.3) is 5.76 Å². The first-order valence-corrected chi connectivity index (χ1v) is 15.1. The quantitative estimate of drug-likeness (QED) is 0.169. The fraction of sp³-hybridized carbons (Fsp3) is 0.375. The first kappa shape index (κ1) is 32.0. The van der Waals surface area contributed by atoms with E-state index >= 15 is 0 Å². The second-order valence-corrected chi connectivity index (χ2v) is 13.1. The Morgan fingerprint density at radius 1 is 1.09 bits per heavy atom. The molecule has 2 aromatic carbocycles. The first-order chi connectivity index (χ1) is 21.1. The molecule has 5 rings (SSSR count). The van der Waals surface area contributed by atoms with Gasteiger partial charge in [-0.05, 0) is 75.2 Å². The van der Waals surface area contributed by atoms with Crippen LogP contribution in [0.3, 0.4) is 0 Å². The lowest BCUT2D eigenvalue weighted by Gasteiger charge is -2.51. The number of halogens is 1. The Morgan fingerprint density at radius 3 is 2.29 bits per heavy atom. The summed E-state index contributed by atoms with van der Waals surface area (Å²) in [6, 6.07) is 7.26. The van der Waals surface area contributed by atoms with Gasteiger partial charge < -0.3 is 30.7 Å². The molecular formula is C32H35BrN4O8. The molecule has 0 saturated heterocycles. The zero-order valence-electron chi connectivity index (χ0n) is 25.5. The number of allylic oxidation sites excluding steroid dienone is 1. The number of ketones is 2. The number of carbonyl (C=O) groups excluding carboxylic acids is 4. The van der Waals surface area contributed by atoms with Crippen molar-refractivity contribution in [1.82, 2.24) is 4.90 Å². The Labute approximate surface area is 268 Å². The van der Waals surface area contributed by atoms with Crippen molar-refractivity contribution in [2.45, 2.75) is 32.2 Å². The van der Waals surface area contributed by atoms with E-state index in [2.05, 4.69) is 21.2 Å². The van der Waals surface area contributed by atoms with Gasteiger partial charge >= 0.3 is 6.09 Å². The molecule has 3 aliphatic rings. The topological polar surface area (TPSA) is 183 Å². The number of amides is 2. The molecule has 6 N–H and O–H groups in total. The summed E-state index contributed by atoms with van der Waals surface area (Å²) in [4.78, 5) is 56.4. The molecule has 2 aromatic rings. The highest BCUT2D eigenvalue weighted by Gasteiger charge is 2.60. The Hall–Kier alpha value is -4.36. The third-order valence-corrected chi connectivity index (χ3v) is 9.71. The lowest BCUT2D eigenvalue weighted by molar-refractivity contribution is -0.138. The molecule has 238 valence electrons. The van der Waals surface area contributed by atoms with E-state index in [0.717, 1.165) is 4.47 Å². The van der Waals surface area contributed by atoms with Crippen molar-refractivity contribution in [2.24, 2.45) is 23.0 Å². The number of fused-ring (bicyclic) bond motifs is 3. The van der Waals surface area contributed by atoms with Crippen LogP contribution in [-0.4, -0.2) is 78.0 Å². The van der Waals surface area contributed by atoms with Crippen molar-refractivity contribution in [1.29, 1.82) is 0 Å². The van der Waals surface area contributed by atoms with Gasteiger partial charge in [0.05, 0.1) is 23.2 Å². The van der Waals surface area contributed by atoms with E-state index in [1.165, 1.54) is 0 Å². The van der Waals surface area contributed by atoms with Crippen LogP contribution in [0.1, 0.15) is 30.9 Å². The maximum absolute atomic E-state index is 14.4. The van der Waals surface area contributed by atoms with Gasteiger partial charge in [0.15, 0.2) is 17.3 Å². The first-order valence-electron chi connectivity index (χ1n) is 14.4. The molecule has 3 aliphatic carbocycles. The molecule has 0 aromatic heterocycles. The number of Topliss-reactive ketones (excluding diaryl/α,β-unsaturated/α-hetero) is 2. The number of benzene rings is 2. The highest BCUT2D eigenvalue weighted by molar-refractivity contribution is 9.10. The van der Waals surface area contributed by atoms with Gasteiger partial charge in [-0.3, -0.25) is 24.6 Å². The Morgan fingerprint density at radius 2 is 1.73 bits per heavy atom. The van der Waals surface area contributed by atoms with Gasteiger partial charge in [-0.2, -0.15) is 0 Å². The third-order valence-electron chi connectivity index (χ3n) is 9.18. The lowest BCUT2D eigenvalue weighted by atomic mass is 9.52. The number of anilines is 2. The fourth-order valence-electron chi connectivity index (χ4n) is 7.21. The molecule has 2 amide bonds. The summed E-state index contributed by atoms with van der Waals surface area (Å²) in [7, 11) is 6.88. The van der Waals surface area contributed by atoms with Crippen LogP contribution in [0.2, 0.25) is 0 Å². The van der Waals surface area contributed by atoms with Gasteiger partial charge in [-0.25, -0.2) is 4.79 Å². The Balaban J connectivity index is 1.65. The second-order valence-electron chi connectivity index (χ2n) is 12.1. The lowest BCUT2D eigenvalue weighted by Crippen LogP contribution is -2.58. The standard InChI is InChI=1S/C32H35BrN4O8/c1-6-32-12-16-19(36(2)3)11-18(35-31(44)45-15-9-7-14(33)8-10-15)25(38)20(16)27(40)23(32)28(41)21-17(13-32)24(37(4)5)29(42)22(26(21)39)30(34)43/h7-11,17,21,24,38,40,42H,6,12-13H2,1-5H3,(H2,34,43)(H,35,44)/t17?,21?,24?,32-/m0/s1. The summed E-state index contributed by atoms with van der Waals surface area (Å²) >= 11 is 3.32. The molecule has 13 heteroatoms. The number of aromatic hydroxyl groups is 1. The molecule has 0 heterocycles. The maximum Gasteiger partial charge on any atom is 0.417 e. The number of hydrogen-bond acceptors (Lipinski definition) is 10. The van der Waals surface area contributed by atoms with Crippen LogP contribution in [0.15, 0.2) is 51.7 Å². The van der Waals surface area contributed by atoms with Crippen molar-refractivity contribution in [3.05, 3.63) is 62.8 Å². The van der Waals surface area contributed by atoms with Gasteiger partial charge in [0.2, 0.25) is 0 Å². The van der Waals surface area contributed by atoms with Crippen LogP contribution < -0.4 is 20.7 Å². The van der Waals surface area contributed by atoms with E-state index in [1.807, 2.05) is 6.92 Å². The minimum atomic E-state index is -1.38. The van der Waals surface area contributed by atoms with Gasteiger partial charge in [-0.1, -0.05) is 22.9 Å². The van der Waals surface area contributed by atoms with Crippen LogP contribution >= 0.6 is 15.9 Å². The number of aliphatic hydroxyl groups is 2. The minimum absolute atomic E-state index is 0.0376. The van der Waals surface area contributed by atoms with Gasteiger partial charge in [0.25, 0.3) is 5.91 Å². The normalized spacial score (nSPS) is 24.2. The van der Waals surface area contributed by atoms with Crippen molar-refractivity contribution < 1.29 is 39.2 Å². The molecule has 0 spiro atoms. The van der Waals surface area contributed by atoms with Crippen molar-refractivity contribution >= 4 is 56.6 Å². The molecule has 1 saturated carbocycles. The fourth-order valence-corrected chi connectivity index (χ4v) is 7.47. The molecule has 1 fully saturated rings. The number of phenolic OH excluding ortho intramolecular Hbond substituents is 1. The predicted octanol–water partition coefficient (Wildman–Crippen LogP) is 4.07. The molecule has 0 aliphatic heterocycles. The number of nitrogens with one attached hydrogen (secondary N) is 1. The van der Waals surface area contributed by atoms with E-state index in [9.17, 15) is 34.5 Å². The number of rotatable bonds is 6. The SMILES string of the molecule is CC[C@@]12Cc3c(N(C)C)cc(NC(=O)Oc4ccc(Br)cc4)c(O)c3C(O)=C1C(=O)C1C(=O)C(C(N)=O)=C(O)C(N(C)C)C1C2. The third kappa shape index (κ3) is 5.13. The molecular weight excluding hydrogens is 648 g/mol. The molecule has 0 bridgehead atoms. The number of hydrogen-bond donors (Lipinski definition) is 5. The van der Waals surface area contributed by atoms with Gasteiger partial charge in [0.1, 0.15) is 22.8 Å². The number of carbonyl (C=O) groups is 4. The summed E-state index contributed by atoms with van der Waals surface area (Å²) in [5.41, 5.74) is 4.83. The summed E-state index contributed by atoms with van der Waals surface area (Å²) < 4.78 is 6.14. The zero-order valence-corrected chi connectivity index (χ0v) is 27.1. The smallest absolute Gasteiger partial charge is 0.417 e. The van der Waals surface area contributed by atoms with Crippen LogP contribution in [0, 0.1) is 17.3 Å². The molecule has 45 heavy (non-hydrogen) atoms. The second kappa shape index (κ2) is 11.5. The van der Waals surface area contributed by atoms with Crippen LogP contribution in [0.5, 0.6) is 11.5 Å². The number of likely N-dealkylation sites (N-methyl/N-ethyl adjacent to an activating group) is 1. The van der Waals surface area contributed by atoms with E-state index in [1.54, 1.807) is 68.3 Å². The number of aliphatic hydroxyl groups excluding tert-OH is 2. The summed E-state index contributed by atoms with van der Waals surface area (Å²) in [6.07, 6.45) is -0.0846. The van der Waals surface area contributed by atoms with Crippen LogP contribution in [-0.2, 0) is 20.8 Å². The van der Waals surface area contributed by atoms with Gasteiger partial charge in [0, 0.05) is 35.2 Å². The molecule has 4 atom stereocenters. The predicted molar refractivity (Wildman–Crippen MR) is 170 cm³/mol. The Kier molecular flexibility index (Phi) is 8.21. The van der Waals surface area contributed by atoms with E-state index in [4.69, 9.17) is 10.5 Å². The highest BCUT2D eigenvalue weighted by atomic mass is 79.9. The van der Waals surface area contributed by atoms with E-state index in [-0.39, 0.29) is 35.4 Å². The zero-order chi connectivity index (χ0) is 33.1. The van der Waals surface area contributed by atoms with Crippen molar-refractivity contribution in [2.75, 3.05) is 38.4 Å². The number of nitrogens with zero attached hydrogens (tertiary/aromatic N) is 2. The number of ether oxygens (including phenoxy) is 1. The van der Waals surface area contributed by atoms with E-state index in [0.29, 0.717) is 17.7 Å². The molecule has 12 nitrogen and oxygen atoms in total. The van der Waals surface area contributed by atoms with E-state index < -0.39 is 69.7 Å². The van der Waals surface area contributed by atoms with Crippen LogP contribution in [0.4, 0.5) is 16.2 Å². The largest absolute Gasteiger partial charge is 0.510 e. The van der Waals surface area contributed by atoms with Gasteiger partial charge in [-0.15, -0.1) is 0 Å². The molecule has 0 radical (unpaired) electrons. The monoisotopic (exact) mass is 682 g/mol. The number of primary amides is 1. The summed E-state index contributed by atoms with van der Waals surface area (Å²) in [5, 5.41) is 36.9. The maximum atomic E-state index is 14.4. The van der Waals surface area contributed by atoms with Crippen molar-refractivity contribution in [3.63, 3.8) is 0 Å². The van der Waals surface area contributed by atoms with Crippen molar-refractivity contribution in [3.8, 4) is 11.5 Å². The highest BCUT2D eigenvalue weighted by Crippen LogP contribution is 2.59. The summed E-state index contributed by atoms with van der Waals surface area (Å²) in [6.45, 7) is 1.87. The minimum Gasteiger partial charge on any atom is -0.510 e. The average molecular weight is 684 g/mol. The number of nitrogens with two attached hydrogens (primary N) is 1. The summed E-state index contributed by atoms with van der Waals surface area (Å²) in [5.74, 6) is -6.04.